The first-order chi connectivity index (χ1) is 15.3. The van der Waals surface area contributed by atoms with Crippen LogP contribution in [0.4, 0.5) is 5.82 Å². The Bertz CT molecular complexity index is 1210. The Morgan fingerprint density at radius 2 is 1.61 bits per heavy atom. The molecule has 3 heterocycles. The number of rotatable bonds is 4. The third-order valence-corrected chi connectivity index (χ3v) is 6.60. The van der Waals surface area contributed by atoms with Gasteiger partial charge in [0.1, 0.15) is 29.3 Å². The van der Waals surface area contributed by atoms with Gasteiger partial charge in [0, 0.05) is 5.56 Å². The summed E-state index contributed by atoms with van der Waals surface area (Å²) in [5.74, 6) is 3.50. The van der Waals surface area contributed by atoms with E-state index in [2.05, 4.69) is 20.0 Å². The number of nitrogens with zero attached hydrogens (tertiary/aromatic N) is 4. The molecule has 7 heteroatoms. The molecule has 0 radical (unpaired) electrons. The van der Waals surface area contributed by atoms with Crippen molar-refractivity contribution in [3.63, 3.8) is 0 Å². The largest absolute Gasteiger partial charge is 0.457 e. The summed E-state index contributed by atoms with van der Waals surface area (Å²) in [6.07, 6.45) is 3.79. The van der Waals surface area contributed by atoms with Gasteiger partial charge in [0.25, 0.3) is 0 Å². The number of nitrogens with two attached hydrogens (primary N) is 1. The Balaban J connectivity index is 1.36. The molecule has 6 rings (SSSR count). The van der Waals surface area contributed by atoms with Crippen LogP contribution in [0.25, 0.3) is 22.3 Å². The molecule has 1 saturated heterocycles. The first kappa shape index (κ1) is 18.3. The highest BCUT2D eigenvalue weighted by Gasteiger charge is 2.39. The van der Waals surface area contributed by atoms with Crippen molar-refractivity contribution in [1.29, 1.82) is 0 Å². The van der Waals surface area contributed by atoms with E-state index in [1.165, 1.54) is 6.33 Å². The molecule has 2 aliphatic rings. The quantitative estimate of drug-likeness (QED) is 0.526. The Labute approximate surface area is 180 Å². The van der Waals surface area contributed by atoms with Crippen LogP contribution in [0.5, 0.6) is 11.5 Å². The summed E-state index contributed by atoms with van der Waals surface area (Å²) in [4.78, 5) is 8.81. The Morgan fingerprint density at radius 1 is 0.903 bits per heavy atom. The van der Waals surface area contributed by atoms with Crippen LogP contribution >= 0.6 is 0 Å². The normalized spacial score (nSPS) is 22.6. The SMILES string of the molecule is Nc1ncnc2c1c(-c1ccc(Oc3ccccc3)cc1)nn2C1C[C@H]2CNC[C@H]2C1. The third-order valence-electron chi connectivity index (χ3n) is 6.60. The second-order valence-corrected chi connectivity index (χ2v) is 8.49. The summed E-state index contributed by atoms with van der Waals surface area (Å²) in [7, 11) is 0. The molecule has 0 amide bonds. The average molecular weight is 412 g/mol. The van der Waals surface area contributed by atoms with E-state index < -0.39 is 0 Å². The molecule has 7 nitrogen and oxygen atoms in total. The maximum atomic E-state index is 6.29. The van der Waals surface area contributed by atoms with E-state index >= 15 is 0 Å². The van der Waals surface area contributed by atoms with Gasteiger partial charge in [-0.3, -0.25) is 0 Å². The molecular formula is C24H24N6O. The van der Waals surface area contributed by atoms with Crippen molar-refractivity contribution in [3.05, 3.63) is 60.9 Å². The minimum atomic E-state index is 0.350. The maximum Gasteiger partial charge on any atom is 0.164 e. The number of nitrogen functional groups attached to an aromatic ring is 1. The van der Waals surface area contributed by atoms with Crippen molar-refractivity contribution >= 4 is 16.9 Å². The predicted octanol–water partition coefficient (Wildman–Crippen LogP) is 4.04. The van der Waals surface area contributed by atoms with Crippen molar-refractivity contribution in [2.75, 3.05) is 18.8 Å². The van der Waals surface area contributed by atoms with Crippen LogP contribution in [0.2, 0.25) is 0 Å². The Hall–Kier alpha value is -3.45. The van der Waals surface area contributed by atoms with Gasteiger partial charge in [-0.25, -0.2) is 14.6 Å². The number of anilines is 1. The minimum absolute atomic E-state index is 0.350. The van der Waals surface area contributed by atoms with Crippen molar-refractivity contribution in [2.45, 2.75) is 18.9 Å². The van der Waals surface area contributed by atoms with Crippen LogP contribution in [0.3, 0.4) is 0 Å². The minimum Gasteiger partial charge on any atom is -0.457 e. The van der Waals surface area contributed by atoms with Crippen LogP contribution in [0.15, 0.2) is 60.9 Å². The second kappa shape index (κ2) is 7.35. The highest BCUT2D eigenvalue weighted by molar-refractivity contribution is 5.98. The van der Waals surface area contributed by atoms with Crippen molar-refractivity contribution in [2.24, 2.45) is 11.8 Å². The summed E-state index contributed by atoms with van der Waals surface area (Å²) < 4.78 is 8.02. The zero-order chi connectivity index (χ0) is 20.8. The Morgan fingerprint density at radius 3 is 2.35 bits per heavy atom. The summed E-state index contributed by atoms with van der Waals surface area (Å²) in [6.45, 7) is 2.21. The zero-order valence-electron chi connectivity index (χ0n) is 17.1. The fourth-order valence-electron chi connectivity index (χ4n) is 5.09. The number of hydrogen-bond acceptors (Lipinski definition) is 6. The summed E-state index contributed by atoms with van der Waals surface area (Å²) in [6, 6.07) is 18.1. The van der Waals surface area contributed by atoms with E-state index in [1.54, 1.807) is 0 Å². The van der Waals surface area contributed by atoms with Crippen molar-refractivity contribution in [3.8, 4) is 22.8 Å². The van der Waals surface area contributed by atoms with E-state index in [0.717, 1.165) is 71.6 Å². The van der Waals surface area contributed by atoms with Crippen LogP contribution in [0.1, 0.15) is 18.9 Å². The summed E-state index contributed by atoms with van der Waals surface area (Å²) >= 11 is 0. The smallest absolute Gasteiger partial charge is 0.164 e. The lowest BCUT2D eigenvalue weighted by atomic mass is 10.0. The van der Waals surface area contributed by atoms with Crippen LogP contribution in [-0.4, -0.2) is 32.8 Å². The number of benzene rings is 2. The molecular weight excluding hydrogens is 388 g/mol. The van der Waals surface area contributed by atoms with Gasteiger partial charge >= 0.3 is 0 Å². The van der Waals surface area contributed by atoms with E-state index in [9.17, 15) is 0 Å². The first-order valence-corrected chi connectivity index (χ1v) is 10.8. The molecule has 156 valence electrons. The molecule has 2 aromatic heterocycles. The number of ether oxygens (including phenoxy) is 1. The van der Waals surface area contributed by atoms with Crippen molar-refractivity contribution < 1.29 is 4.74 Å². The fourth-order valence-corrected chi connectivity index (χ4v) is 5.09. The molecule has 0 bridgehead atoms. The van der Waals surface area contributed by atoms with Crippen molar-refractivity contribution in [1.82, 2.24) is 25.1 Å². The molecule has 1 aliphatic carbocycles. The molecule has 31 heavy (non-hydrogen) atoms. The first-order valence-electron chi connectivity index (χ1n) is 10.8. The zero-order valence-corrected chi connectivity index (χ0v) is 17.1. The lowest BCUT2D eigenvalue weighted by Gasteiger charge is -2.12. The average Bonchev–Trinajstić information content (AvgIpc) is 3.49. The molecule has 4 aromatic rings. The summed E-state index contributed by atoms with van der Waals surface area (Å²) in [5.41, 5.74) is 8.92. The number of para-hydroxylation sites is 1. The van der Waals surface area contributed by atoms with Gasteiger partial charge in [0.15, 0.2) is 5.65 Å². The number of nitrogens with one attached hydrogen (secondary N) is 1. The fraction of sp³-hybridized carbons (Fsp3) is 0.292. The molecule has 1 unspecified atom stereocenters. The molecule has 0 spiro atoms. The maximum absolute atomic E-state index is 6.29. The number of fused-ring (bicyclic) bond motifs is 2. The van der Waals surface area contributed by atoms with Crippen LogP contribution < -0.4 is 15.8 Å². The van der Waals surface area contributed by atoms with Crippen LogP contribution in [-0.2, 0) is 0 Å². The van der Waals surface area contributed by atoms with Gasteiger partial charge in [-0.2, -0.15) is 5.10 Å². The van der Waals surface area contributed by atoms with Crippen LogP contribution in [0, 0.1) is 11.8 Å². The molecule has 3 atom stereocenters. The van der Waals surface area contributed by atoms with E-state index in [4.69, 9.17) is 15.6 Å². The molecule has 1 aliphatic heterocycles. The van der Waals surface area contributed by atoms with E-state index in [1.807, 2.05) is 54.6 Å². The highest BCUT2D eigenvalue weighted by Crippen LogP contribution is 2.43. The molecule has 1 saturated carbocycles. The lowest BCUT2D eigenvalue weighted by molar-refractivity contribution is 0.443. The predicted molar refractivity (Wildman–Crippen MR) is 120 cm³/mol. The monoisotopic (exact) mass is 412 g/mol. The standard InChI is InChI=1S/C24H24N6O/c25-23-21-22(15-6-8-20(9-7-15)31-19-4-2-1-3-5-19)29-30(24(21)28-14-27-23)18-10-16-12-26-13-17(16)11-18/h1-9,14,16-18,26H,10-13H2,(H2,25,27,28)/t16-,17+,18?. The number of hydrogen-bond donors (Lipinski definition) is 2. The topological polar surface area (TPSA) is 90.9 Å². The van der Waals surface area contributed by atoms with Gasteiger partial charge in [0.05, 0.1) is 11.4 Å². The molecule has 2 aromatic carbocycles. The Kier molecular flexibility index (Phi) is 4.35. The van der Waals surface area contributed by atoms with E-state index in [-0.39, 0.29) is 0 Å². The van der Waals surface area contributed by atoms with Gasteiger partial charge in [-0.1, -0.05) is 18.2 Å². The number of aromatic nitrogens is 4. The summed E-state index contributed by atoms with van der Waals surface area (Å²) in [5, 5.41) is 9.35. The molecule has 3 N–H and O–H groups in total. The van der Waals surface area contributed by atoms with Gasteiger partial charge < -0.3 is 15.8 Å². The van der Waals surface area contributed by atoms with Gasteiger partial charge in [-0.05, 0) is 74.2 Å². The van der Waals surface area contributed by atoms with E-state index in [0.29, 0.717) is 11.9 Å². The van der Waals surface area contributed by atoms with Gasteiger partial charge in [0.2, 0.25) is 0 Å². The second-order valence-electron chi connectivity index (χ2n) is 8.49. The molecule has 2 fully saturated rings. The lowest BCUT2D eigenvalue weighted by Crippen LogP contribution is -2.15. The third kappa shape index (κ3) is 3.21. The highest BCUT2D eigenvalue weighted by atomic mass is 16.5. The van der Waals surface area contributed by atoms with Gasteiger partial charge in [-0.15, -0.1) is 0 Å².